The number of hydrogen-bond donors (Lipinski definition) is 1. The highest BCUT2D eigenvalue weighted by atomic mass is 32.1. The summed E-state index contributed by atoms with van der Waals surface area (Å²) in [7, 11) is 0. The lowest BCUT2D eigenvalue weighted by Gasteiger charge is -2.28. The van der Waals surface area contributed by atoms with Gasteiger partial charge in [0.25, 0.3) is 0 Å². The first-order valence-corrected chi connectivity index (χ1v) is 6.80. The molecule has 7 nitrogen and oxygen atoms in total. The normalized spacial score (nSPS) is 16.5. The molecule has 0 radical (unpaired) electrons. The zero-order chi connectivity index (χ0) is 12.8. The van der Waals surface area contributed by atoms with Crippen molar-refractivity contribution in [3.8, 4) is 0 Å². The van der Waals surface area contributed by atoms with E-state index in [-0.39, 0.29) is 0 Å². The molecule has 1 N–H and O–H groups in total. The summed E-state index contributed by atoms with van der Waals surface area (Å²) in [5.41, 5.74) is 0.783. The topological polar surface area (TPSA) is 66.5 Å². The fourth-order valence-corrected chi connectivity index (χ4v) is 2.89. The molecule has 1 aliphatic rings. The minimum Gasteiger partial charge on any atom is -0.356 e. The number of nitrogens with zero attached hydrogens (tertiary/aromatic N) is 6. The van der Waals surface area contributed by atoms with Gasteiger partial charge < -0.3 is 4.90 Å². The van der Waals surface area contributed by atoms with Crippen molar-refractivity contribution < 1.29 is 0 Å². The summed E-state index contributed by atoms with van der Waals surface area (Å²) in [6.07, 6.45) is 5.28. The second-order valence-corrected chi connectivity index (χ2v) is 5.13. The van der Waals surface area contributed by atoms with Crippen molar-refractivity contribution in [3.63, 3.8) is 0 Å². The van der Waals surface area contributed by atoms with E-state index in [0.29, 0.717) is 10.5 Å². The van der Waals surface area contributed by atoms with E-state index < -0.39 is 0 Å². The van der Waals surface area contributed by atoms with E-state index >= 15 is 0 Å². The molecule has 1 saturated heterocycles. The van der Waals surface area contributed by atoms with E-state index in [1.807, 2.05) is 10.6 Å². The maximum absolute atomic E-state index is 5.23. The van der Waals surface area contributed by atoms with Crippen molar-refractivity contribution in [1.29, 1.82) is 0 Å². The largest absolute Gasteiger partial charge is 0.356 e. The van der Waals surface area contributed by atoms with Crippen LogP contribution in [0.5, 0.6) is 0 Å². The summed E-state index contributed by atoms with van der Waals surface area (Å²) in [6.45, 7) is 2.10. The molecule has 4 rings (SSSR count). The molecule has 3 aromatic rings. The first kappa shape index (κ1) is 10.9. The third-order valence-electron chi connectivity index (χ3n) is 3.58. The van der Waals surface area contributed by atoms with Gasteiger partial charge in [-0.25, -0.2) is 4.40 Å². The molecular formula is C11H13N7S. The van der Waals surface area contributed by atoms with Crippen molar-refractivity contribution in [2.24, 2.45) is 0 Å². The molecule has 0 spiro atoms. The lowest BCUT2D eigenvalue weighted by atomic mass is 10.1. The number of anilines is 1. The number of aromatic amines is 1. The van der Waals surface area contributed by atoms with Crippen molar-refractivity contribution >= 4 is 29.5 Å². The summed E-state index contributed by atoms with van der Waals surface area (Å²) in [5, 5.41) is 11.4. The van der Waals surface area contributed by atoms with Gasteiger partial charge in [-0.15, -0.1) is 0 Å². The highest BCUT2D eigenvalue weighted by Gasteiger charge is 2.17. The van der Waals surface area contributed by atoms with Gasteiger partial charge in [0.05, 0.1) is 0 Å². The van der Waals surface area contributed by atoms with Gasteiger partial charge in [-0.1, -0.05) is 0 Å². The third kappa shape index (κ3) is 1.56. The predicted octanol–water partition coefficient (Wildman–Crippen LogP) is 1.42. The number of nitrogens with one attached hydrogen (secondary N) is 1. The Morgan fingerprint density at radius 3 is 2.89 bits per heavy atom. The highest BCUT2D eigenvalue weighted by molar-refractivity contribution is 7.71. The lowest BCUT2D eigenvalue weighted by molar-refractivity contribution is 0.568. The molecule has 0 saturated carbocycles. The lowest BCUT2D eigenvalue weighted by Crippen LogP contribution is -2.31. The molecule has 3 aromatic heterocycles. The smallest absolute Gasteiger partial charge is 0.242 e. The third-order valence-corrected chi connectivity index (χ3v) is 3.86. The summed E-state index contributed by atoms with van der Waals surface area (Å²) in [6, 6.07) is 2.01. The first-order valence-electron chi connectivity index (χ1n) is 6.39. The van der Waals surface area contributed by atoms with Crippen LogP contribution in [0, 0.1) is 4.77 Å². The van der Waals surface area contributed by atoms with E-state index in [2.05, 4.69) is 25.2 Å². The average molecular weight is 275 g/mol. The summed E-state index contributed by atoms with van der Waals surface area (Å²) < 4.78 is 4.18. The van der Waals surface area contributed by atoms with Gasteiger partial charge in [0.1, 0.15) is 12.1 Å². The van der Waals surface area contributed by atoms with Gasteiger partial charge in [-0.05, 0) is 31.5 Å². The van der Waals surface area contributed by atoms with Crippen LogP contribution in [-0.2, 0) is 0 Å². The molecule has 4 heterocycles. The maximum atomic E-state index is 5.23. The molecule has 1 aliphatic heterocycles. The van der Waals surface area contributed by atoms with Crippen LogP contribution in [0.1, 0.15) is 19.3 Å². The maximum Gasteiger partial charge on any atom is 0.242 e. The Morgan fingerprint density at radius 1 is 1.21 bits per heavy atom. The van der Waals surface area contributed by atoms with E-state index in [9.17, 15) is 0 Å². The Morgan fingerprint density at radius 2 is 2.05 bits per heavy atom. The summed E-state index contributed by atoms with van der Waals surface area (Å²) in [4.78, 5) is 6.63. The fraction of sp³-hybridized carbons (Fsp3) is 0.455. The van der Waals surface area contributed by atoms with Gasteiger partial charge in [-0.3, -0.25) is 5.10 Å². The zero-order valence-electron chi connectivity index (χ0n) is 10.3. The molecular weight excluding hydrogens is 262 g/mol. The van der Waals surface area contributed by atoms with E-state index in [1.54, 1.807) is 10.7 Å². The molecule has 98 valence electrons. The number of hydrogen-bond acceptors (Lipinski definition) is 5. The quantitative estimate of drug-likeness (QED) is 0.680. The van der Waals surface area contributed by atoms with Crippen molar-refractivity contribution in [2.45, 2.75) is 19.3 Å². The Bertz CT molecular complexity index is 792. The molecule has 1 fully saturated rings. The average Bonchev–Trinajstić information content (AvgIpc) is 3.05. The Labute approximate surface area is 113 Å². The zero-order valence-corrected chi connectivity index (χ0v) is 11.1. The van der Waals surface area contributed by atoms with Gasteiger partial charge >= 0.3 is 0 Å². The van der Waals surface area contributed by atoms with Crippen molar-refractivity contribution in [1.82, 2.24) is 29.2 Å². The second kappa shape index (κ2) is 4.02. The molecule has 0 aromatic carbocycles. The number of aromatic nitrogens is 6. The van der Waals surface area contributed by atoms with Crippen molar-refractivity contribution in [2.75, 3.05) is 18.0 Å². The van der Waals surface area contributed by atoms with E-state index in [4.69, 9.17) is 12.2 Å². The predicted molar refractivity (Wildman–Crippen MR) is 73.0 cm³/mol. The van der Waals surface area contributed by atoms with Crippen LogP contribution >= 0.6 is 12.2 Å². The molecule has 0 atom stereocenters. The molecule has 19 heavy (non-hydrogen) atoms. The van der Waals surface area contributed by atoms with Crippen LogP contribution in [0.2, 0.25) is 0 Å². The standard InChI is InChI=1S/C11H13N7S/c19-11-15-14-8-6-9(16-4-2-1-3-5-16)18-10(17(8)11)12-7-13-18/h6-7H,1-5H2,(H,15,19). The Balaban J connectivity index is 2.02. The van der Waals surface area contributed by atoms with E-state index in [1.165, 1.54) is 19.3 Å². The fourth-order valence-electron chi connectivity index (χ4n) is 2.67. The molecule has 0 aliphatic carbocycles. The van der Waals surface area contributed by atoms with Crippen LogP contribution in [0.15, 0.2) is 12.4 Å². The molecule has 8 heteroatoms. The number of H-pyrrole nitrogens is 1. The minimum absolute atomic E-state index is 0.540. The number of fused-ring (bicyclic) bond motifs is 3. The van der Waals surface area contributed by atoms with Crippen LogP contribution in [0.4, 0.5) is 5.82 Å². The molecule has 0 amide bonds. The Hall–Kier alpha value is -1.96. The number of rotatable bonds is 1. The van der Waals surface area contributed by atoms with Crippen LogP contribution in [0.25, 0.3) is 11.4 Å². The minimum atomic E-state index is 0.540. The SMILES string of the molecule is S=c1[nH]nc2cc(N3CCCCC3)n3ncnc3n12. The van der Waals surface area contributed by atoms with Gasteiger partial charge in [0, 0.05) is 19.2 Å². The van der Waals surface area contributed by atoms with Crippen molar-refractivity contribution in [3.05, 3.63) is 17.2 Å². The van der Waals surface area contributed by atoms with E-state index in [0.717, 1.165) is 24.6 Å². The Kier molecular flexibility index (Phi) is 2.31. The van der Waals surface area contributed by atoms with Gasteiger partial charge in [0.2, 0.25) is 10.5 Å². The summed E-state index contributed by atoms with van der Waals surface area (Å²) in [5.74, 6) is 1.74. The van der Waals surface area contributed by atoms with Gasteiger partial charge in [-0.2, -0.15) is 19.7 Å². The number of piperidine rings is 1. The summed E-state index contributed by atoms with van der Waals surface area (Å²) >= 11 is 5.23. The molecule has 0 bridgehead atoms. The molecule has 0 unspecified atom stereocenters. The first-order chi connectivity index (χ1) is 9.34. The van der Waals surface area contributed by atoms with Crippen LogP contribution < -0.4 is 4.90 Å². The monoisotopic (exact) mass is 275 g/mol. The van der Waals surface area contributed by atoms with Crippen LogP contribution in [0.3, 0.4) is 0 Å². The second-order valence-electron chi connectivity index (χ2n) is 4.74. The van der Waals surface area contributed by atoms with Crippen LogP contribution in [-0.4, -0.2) is 42.3 Å². The van der Waals surface area contributed by atoms with Gasteiger partial charge in [0.15, 0.2) is 5.65 Å². The highest BCUT2D eigenvalue weighted by Crippen LogP contribution is 2.22.